The van der Waals surface area contributed by atoms with E-state index in [-0.39, 0.29) is 5.60 Å². The van der Waals surface area contributed by atoms with Gasteiger partial charge in [0, 0.05) is 6.61 Å². The number of rotatable bonds is 0. The predicted molar refractivity (Wildman–Crippen MR) is 70.9 cm³/mol. The highest BCUT2D eigenvalue weighted by Gasteiger charge is 2.56. The molecule has 0 aromatic carbocycles. The molecule has 5 atom stereocenters. The molecule has 3 aliphatic rings. The molecule has 1 nitrogen and oxygen atoms in total. The zero-order valence-corrected chi connectivity index (χ0v) is 12.0. The molecule has 98 valence electrons. The van der Waals surface area contributed by atoms with Crippen LogP contribution in [0.4, 0.5) is 0 Å². The lowest BCUT2D eigenvalue weighted by atomic mass is 9.50. The Balaban J connectivity index is 1.93. The summed E-state index contributed by atoms with van der Waals surface area (Å²) in [6.07, 6.45) is 6.88. The summed E-state index contributed by atoms with van der Waals surface area (Å²) in [5.74, 6) is 3.64. The maximum atomic E-state index is 6.11. The van der Waals surface area contributed by atoms with E-state index in [1.54, 1.807) is 0 Å². The molecular weight excluding hydrogens is 208 g/mol. The van der Waals surface area contributed by atoms with Crippen molar-refractivity contribution in [2.45, 2.75) is 65.4 Å². The first-order valence-electron chi connectivity index (χ1n) is 7.58. The number of hydrogen-bond donors (Lipinski definition) is 0. The zero-order valence-electron chi connectivity index (χ0n) is 12.0. The molecule has 0 N–H and O–H groups in total. The van der Waals surface area contributed by atoms with Gasteiger partial charge in [0.2, 0.25) is 0 Å². The van der Waals surface area contributed by atoms with Crippen LogP contribution >= 0.6 is 0 Å². The summed E-state index contributed by atoms with van der Waals surface area (Å²) in [6, 6.07) is 0. The van der Waals surface area contributed by atoms with Crippen molar-refractivity contribution in [2.24, 2.45) is 29.1 Å². The average molecular weight is 236 g/mol. The predicted octanol–water partition coefficient (Wildman–Crippen LogP) is 4.26. The standard InChI is InChI=1S/C16H28O/c1-11-5-8-15(2,3)12-6-9-16(4)13(14(11)12)7-10-17-16/h11-14H,5-10H2,1-4H3/t11?,12-,13+,14+,16-/m0/s1. The smallest absolute Gasteiger partial charge is 0.0686 e. The van der Waals surface area contributed by atoms with E-state index in [9.17, 15) is 0 Å². The topological polar surface area (TPSA) is 9.23 Å². The van der Waals surface area contributed by atoms with Crippen molar-refractivity contribution in [1.82, 2.24) is 0 Å². The van der Waals surface area contributed by atoms with Gasteiger partial charge in [-0.1, -0.05) is 20.8 Å². The Morgan fingerprint density at radius 3 is 2.47 bits per heavy atom. The fourth-order valence-electron chi connectivity index (χ4n) is 5.29. The summed E-state index contributed by atoms with van der Waals surface area (Å²) < 4.78 is 6.11. The van der Waals surface area contributed by atoms with Crippen molar-refractivity contribution in [3.05, 3.63) is 0 Å². The van der Waals surface area contributed by atoms with Crippen LogP contribution in [0.15, 0.2) is 0 Å². The molecular formula is C16H28O. The fourth-order valence-corrected chi connectivity index (χ4v) is 5.29. The third-order valence-electron chi connectivity index (χ3n) is 6.43. The monoisotopic (exact) mass is 236 g/mol. The Hall–Kier alpha value is -0.0400. The van der Waals surface area contributed by atoms with Gasteiger partial charge in [-0.25, -0.2) is 0 Å². The minimum absolute atomic E-state index is 0.225. The Morgan fingerprint density at radius 2 is 1.71 bits per heavy atom. The van der Waals surface area contributed by atoms with E-state index in [2.05, 4.69) is 27.7 Å². The molecule has 3 fully saturated rings. The van der Waals surface area contributed by atoms with E-state index >= 15 is 0 Å². The van der Waals surface area contributed by atoms with Gasteiger partial charge in [0.05, 0.1) is 5.60 Å². The van der Waals surface area contributed by atoms with E-state index in [1.807, 2.05) is 0 Å². The zero-order chi connectivity index (χ0) is 12.3. The lowest BCUT2D eigenvalue weighted by Gasteiger charge is -2.56. The van der Waals surface area contributed by atoms with Gasteiger partial charge in [-0.2, -0.15) is 0 Å². The van der Waals surface area contributed by atoms with E-state index in [0.717, 1.165) is 30.3 Å². The van der Waals surface area contributed by atoms with Crippen molar-refractivity contribution in [3.63, 3.8) is 0 Å². The first-order chi connectivity index (χ1) is 7.94. The van der Waals surface area contributed by atoms with Crippen LogP contribution in [0.1, 0.15) is 59.8 Å². The third-order valence-corrected chi connectivity index (χ3v) is 6.43. The maximum absolute atomic E-state index is 6.11. The molecule has 2 saturated carbocycles. The molecule has 0 spiro atoms. The van der Waals surface area contributed by atoms with Crippen LogP contribution in [0.5, 0.6) is 0 Å². The molecule has 1 aliphatic heterocycles. The van der Waals surface area contributed by atoms with Gasteiger partial charge in [0.1, 0.15) is 0 Å². The molecule has 2 aliphatic carbocycles. The van der Waals surface area contributed by atoms with E-state index in [1.165, 1.54) is 32.1 Å². The summed E-state index contributed by atoms with van der Waals surface area (Å²) in [4.78, 5) is 0. The van der Waals surface area contributed by atoms with Crippen molar-refractivity contribution >= 4 is 0 Å². The van der Waals surface area contributed by atoms with Crippen LogP contribution < -0.4 is 0 Å². The molecule has 1 unspecified atom stereocenters. The lowest BCUT2D eigenvalue weighted by Crippen LogP contribution is -2.52. The van der Waals surface area contributed by atoms with Crippen LogP contribution in [0.25, 0.3) is 0 Å². The Labute approximate surface area is 106 Å². The molecule has 17 heavy (non-hydrogen) atoms. The van der Waals surface area contributed by atoms with Gasteiger partial charge in [-0.15, -0.1) is 0 Å². The maximum Gasteiger partial charge on any atom is 0.0686 e. The molecule has 0 amide bonds. The first-order valence-corrected chi connectivity index (χ1v) is 7.58. The van der Waals surface area contributed by atoms with E-state index in [0.29, 0.717) is 5.41 Å². The van der Waals surface area contributed by atoms with Crippen LogP contribution in [0.3, 0.4) is 0 Å². The molecule has 1 heteroatoms. The minimum atomic E-state index is 0.225. The van der Waals surface area contributed by atoms with Crippen LogP contribution in [-0.2, 0) is 4.74 Å². The normalized spacial score (nSPS) is 52.9. The Kier molecular flexibility index (Phi) is 2.63. The minimum Gasteiger partial charge on any atom is -0.375 e. The second-order valence-corrected chi connectivity index (χ2v) is 7.78. The SMILES string of the molecule is CC1CCC(C)(C)[C@H]2CC[C@]3(C)OCC[C@@H]3[C@H]12. The van der Waals surface area contributed by atoms with Crippen molar-refractivity contribution in [1.29, 1.82) is 0 Å². The quantitative estimate of drug-likeness (QED) is 0.610. The highest BCUT2D eigenvalue weighted by Crippen LogP contribution is 2.59. The Bertz CT molecular complexity index is 307. The fraction of sp³-hybridized carbons (Fsp3) is 1.00. The molecule has 3 rings (SSSR count). The van der Waals surface area contributed by atoms with Gasteiger partial charge < -0.3 is 4.74 Å². The molecule has 0 radical (unpaired) electrons. The summed E-state index contributed by atoms with van der Waals surface area (Å²) in [6.45, 7) is 10.9. The average Bonchev–Trinajstić information content (AvgIpc) is 2.65. The van der Waals surface area contributed by atoms with Gasteiger partial charge in [-0.05, 0) is 68.1 Å². The second-order valence-electron chi connectivity index (χ2n) is 7.78. The molecule has 0 bridgehead atoms. The highest BCUT2D eigenvalue weighted by molar-refractivity contribution is 5.05. The Morgan fingerprint density at radius 1 is 0.941 bits per heavy atom. The van der Waals surface area contributed by atoms with Crippen LogP contribution in [0.2, 0.25) is 0 Å². The molecule has 1 saturated heterocycles. The van der Waals surface area contributed by atoms with Gasteiger partial charge in [0.25, 0.3) is 0 Å². The van der Waals surface area contributed by atoms with Crippen molar-refractivity contribution in [2.75, 3.05) is 6.61 Å². The van der Waals surface area contributed by atoms with Crippen molar-refractivity contribution < 1.29 is 4.74 Å². The summed E-state index contributed by atoms with van der Waals surface area (Å²) in [7, 11) is 0. The summed E-state index contributed by atoms with van der Waals surface area (Å²) >= 11 is 0. The largest absolute Gasteiger partial charge is 0.375 e. The van der Waals surface area contributed by atoms with Gasteiger partial charge in [0.15, 0.2) is 0 Å². The molecule has 0 aromatic rings. The number of ether oxygens (including phenoxy) is 1. The first kappa shape index (κ1) is 12.0. The van der Waals surface area contributed by atoms with Crippen molar-refractivity contribution in [3.8, 4) is 0 Å². The van der Waals surface area contributed by atoms with Gasteiger partial charge >= 0.3 is 0 Å². The molecule has 1 heterocycles. The summed E-state index contributed by atoms with van der Waals surface area (Å²) in [5, 5.41) is 0. The third kappa shape index (κ3) is 1.69. The highest BCUT2D eigenvalue weighted by atomic mass is 16.5. The van der Waals surface area contributed by atoms with Crippen LogP contribution in [0, 0.1) is 29.1 Å². The van der Waals surface area contributed by atoms with Crippen LogP contribution in [-0.4, -0.2) is 12.2 Å². The number of hydrogen-bond acceptors (Lipinski definition) is 1. The second kappa shape index (κ2) is 3.73. The van der Waals surface area contributed by atoms with Gasteiger partial charge in [-0.3, -0.25) is 0 Å². The summed E-state index contributed by atoms with van der Waals surface area (Å²) in [5.41, 5.74) is 0.796. The van der Waals surface area contributed by atoms with E-state index < -0.39 is 0 Å². The number of fused-ring (bicyclic) bond motifs is 3. The lowest BCUT2D eigenvalue weighted by molar-refractivity contribution is -0.117. The van der Waals surface area contributed by atoms with E-state index in [4.69, 9.17) is 4.74 Å². The molecule has 0 aromatic heterocycles.